The van der Waals surface area contributed by atoms with Gasteiger partial charge in [0.1, 0.15) is 0 Å². The maximum absolute atomic E-state index is 5.72. The smallest absolute Gasteiger partial charge is 0.163 e. The molecule has 1 aromatic carbocycles. The second-order valence-electron chi connectivity index (χ2n) is 3.83. The number of pyridine rings is 1. The topological polar surface area (TPSA) is 57.4 Å². The molecular weight excluding hydrogens is 228 g/mol. The van der Waals surface area contributed by atoms with E-state index in [0.717, 1.165) is 12.1 Å². The molecule has 0 spiro atoms. The molecule has 0 aliphatic heterocycles. The number of aromatic nitrogens is 1. The number of nitrogens with two attached hydrogens (primary N) is 1. The molecule has 4 nitrogen and oxygen atoms in total. The summed E-state index contributed by atoms with van der Waals surface area (Å²) in [7, 11) is 1.61. The fourth-order valence-corrected chi connectivity index (χ4v) is 1.62. The summed E-state index contributed by atoms with van der Waals surface area (Å²) >= 11 is 0. The van der Waals surface area contributed by atoms with Crippen molar-refractivity contribution in [2.24, 2.45) is 0 Å². The summed E-state index contributed by atoms with van der Waals surface area (Å²) in [4.78, 5) is 4.23. The number of nitrogens with zero attached hydrogens (tertiary/aromatic N) is 1. The van der Waals surface area contributed by atoms with Crippen molar-refractivity contribution in [1.29, 1.82) is 0 Å². The Balaban J connectivity index is 1.96. The molecule has 0 unspecified atom stereocenters. The molecule has 0 bridgehead atoms. The third-order valence-electron chi connectivity index (χ3n) is 2.53. The molecule has 18 heavy (non-hydrogen) atoms. The normalized spacial score (nSPS) is 10.1. The highest BCUT2D eigenvalue weighted by Crippen LogP contribution is 2.28. The monoisotopic (exact) mass is 244 g/mol. The molecule has 1 heterocycles. The summed E-state index contributed by atoms with van der Waals surface area (Å²) in [5, 5.41) is 0. The van der Waals surface area contributed by atoms with Crippen LogP contribution in [0.5, 0.6) is 11.5 Å². The van der Waals surface area contributed by atoms with Crippen LogP contribution in [-0.2, 0) is 6.42 Å². The van der Waals surface area contributed by atoms with E-state index in [1.165, 1.54) is 0 Å². The lowest BCUT2D eigenvalue weighted by atomic mass is 10.2. The fraction of sp³-hybridized carbons (Fsp3) is 0.214. The summed E-state index contributed by atoms with van der Waals surface area (Å²) in [6.07, 6.45) is 2.52. The van der Waals surface area contributed by atoms with Crippen LogP contribution in [-0.4, -0.2) is 18.7 Å². The molecule has 0 atom stereocenters. The van der Waals surface area contributed by atoms with Gasteiger partial charge in [-0.15, -0.1) is 0 Å². The van der Waals surface area contributed by atoms with E-state index in [4.69, 9.17) is 15.2 Å². The highest BCUT2D eigenvalue weighted by Gasteiger charge is 2.04. The van der Waals surface area contributed by atoms with E-state index in [0.29, 0.717) is 23.8 Å². The zero-order valence-corrected chi connectivity index (χ0v) is 10.3. The molecule has 4 heteroatoms. The van der Waals surface area contributed by atoms with Gasteiger partial charge in [0.25, 0.3) is 0 Å². The van der Waals surface area contributed by atoms with Gasteiger partial charge in [-0.25, -0.2) is 0 Å². The predicted molar refractivity (Wildman–Crippen MR) is 70.8 cm³/mol. The molecule has 0 saturated heterocycles. The van der Waals surface area contributed by atoms with Crippen LogP contribution in [0.15, 0.2) is 42.6 Å². The van der Waals surface area contributed by atoms with E-state index in [1.807, 2.05) is 18.2 Å². The summed E-state index contributed by atoms with van der Waals surface area (Å²) in [5.41, 5.74) is 7.37. The van der Waals surface area contributed by atoms with Crippen molar-refractivity contribution in [1.82, 2.24) is 4.98 Å². The van der Waals surface area contributed by atoms with Crippen molar-refractivity contribution in [3.05, 3.63) is 48.3 Å². The van der Waals surface area contributed by atoms with Gasteiger partial charge < -0.3 is 15.2 Å². The van der Waals surface area contributed by atoms with Crippen molar-refractivity contribution in [2.75, 3.05) is 19.5 Å². The van der Waals surface area contributed by atoms with Crippen LogP contribution in [0.25, 0.3) is 0 Å². The first-order chi connectivity index (χ1) is 8.79. The summed E-state index contributed by atoms with van der Waals surface area (Å²) < 4.78 is 10.9. The van der Waals surface area contributed by atoms with E-state index < -0.39 is 0 Å². The largest absolute Gasteiger partial charge is 0.493 e. The van der Waals surface area contributed by atoms with Crippen LogP contribution in [0.4, 0.5) is 5.69 Å². The second-order valence-corrected chi connectivity index (χ2v) is 3.83. The lowest BCUT2D eigenvalue weighted by molar-refractivity contribution is 0.297. The lowest BCUT2D eigenvalue weighted by Crippen LogP contribution is -2.04. The van der Waals surface area contributed by atoms with Crippen molar-refractivity contribution in [3.63, 3.8) is 0 Å². The number of hydrogen-bond donors (Lipinski definition) is 1. The first-order valence-electron chi connectivity index (χ1n) is 5.76. The summed E-state index contributed by atoms with van der Waals surface area (Å²) in [5.74, 6) is 1.35. The molecule has 2 N–H and O–H groups in total. The standard InChI is InChI=1S/C14H16N2O2/c1-17-13-6-5-11(15)10-14(13)18-9-7-12-4-2-3-8-16-12/h2-6,8,10H,7,9,15H2,1H3. The Hall–Kier alpha value is -2.23. The molecule has 2 rings (SSSR count). The Morgan fingerprint density at radius 3 is 2.78 bits per heavy atom. The molecular formula is C14H16N2O2. The SMILES string of the molecule is COc1ccc(N)cc1OCCc1ccccn1. The first kappa shape index (κ1) is 12.2. The molecule has 0 aliphatic rings. The van der Waals surface area contributed by atoms with E-state index in [9.17, 15) is 0 Å². The molecule has 0 saturated carbocycles. The number of rotatable bonds is 5. The lowest BCUT2D eigenvalue weighted by Gasteiger charge is -2.11. The molecule has 1 aromatic heterocycles. The number of anilines is 1. The van der Waals surface area contributed by atoms with Crippen LogP contribution in [0.1, 0.15) is 5.69 Å². The number of methoxy groups -OCH3 is 1. The maximum atomic E-state index is 5.72. The fourth-order valence-electron chi connectivity index (χ4n) is 1.62. The van der Waals surface area contributed by atoms with Gasteiger partial charge >= 0.3 is 0 Å². The van der Waals surface area contributed by atoms with Crippen LogP contribution in [0.3, 0.4) is 0 Å². The Bertz CT molecular complexity index is 500. The molecule has 0 aliphatic carbocycles. The third-order valence-corrected chi connectivity index (χ3v) is 2.53. The summed E-state index contributed by atoms with van der Waals surface area (Å²) in [6.45, 7) is 0.539. The Kier molecular flexibility index (Phi) is 4.02. The zero-order valence-electron chi connectivity index (χ0n) is 10.3. The highest BCUT2D eigenvalue weighted by atomic mass is 16.5. The van der Waals surface area contributed by atoms with Crippen molar-refractivity contribution >= 4 is 5.69 Å². The van der Waals surface area contributed by atoms with Crippen LogP contribution >= 0.6 is 0 Å². The van der Waals surface area contributed by atoms with Crippen LogP contribution in [0.2, 0.25) is 0 Å². The minimum absolute atomic E-state index is 0.539. The van der Waals surface area contributed by atoms with Gasteiger partial charge in [-0.2, -0.15) is 0 Å². The van der Waals surface area contributed by atoms with Gasteiger partial charge in [0.15, 0.2) is 11.5 Å². The van der Waals surface area contributed by atoms with Gasteiger partial charge in [-0.1, -0.05) is 6.07 Å². The average Bonchev–Trinajstić information content (AvgIpc) is 2.40. The van der Waals surface area contributed by atoms with E-state index >= 15 is 0 Å². The van der Waals surface area contributed by atoms with Crippen LogP contribution < -0.4 is 15.2 Å². The van der Waals surface area contributed by atoms with Gasteiger partial charge in [-0.05, 0) is 24.3 Å². The van der Waals surface area contributed by atoms with Gasteiger partial charge in [0.2, 0.25) is 0 Å². The molecule has 0 fully saturated rings. The Morgan fingerprint density at radius 1 is 1.17 bits per heavy atom. The van der Waals surface area contributed by atoms with E-state index in [-0.39, 0.29) is 0 Å². The highest BCUT2D eigenvalue weighted by molar-refractivity contribution is 5.51. The number of hydrogen-bond acceptors (Lipinski definition) is 4. The maximum Gasteiger partial charge on any atom is 0.163 e. The summed E-state index contributed by atoms with van der Waals surface area (Å²) in [6, 6.07) is 11.2. The van der Waals surface area contributed by atoms with E-state index in [2.05, 4.69) is 4.98 Å². The minimum atomic E-state index is 0.539. The zero-order chi connectivity index (χ0) is 12.8. The molecule has 0 radical (unpaired) electrons. The van der Waals surface area contributed by atoms with Crippen molar-refractivity contribution < 1.29 is 9.47 Å². The first-order valence-corrected chi connectivity index (χ1v) is 5.76. The van der Waals surface area contributed by atoms with E-state index in [1.54, 1.807) is 31.5 Å². The predicted octanol–water partition coefficient (Wildman–Crippen LogP) is 2.29. The van der Waals surface area contributed by atoms with Crippen LogP contribution in [0, 0.1) is 0 Å². The number of nitrogen functional groups attached to an aromatic ring is 1. The number of benzene rings is 1. The Labute approximate surface area is 106 Å². The Morgan fingerprint density at radius 2 is 2.06 bits per heavy atom. The average molecular weight is 244 g/mol. The quantitative estimate of drug-likeness (QED) is 0.820. The molecule has 94 valence electrons. The van der Waals surface area contributed by atoms with Crippen molar-refractivity contribution in [2.45, 2.75) is 6.42 Å². The van der Waals surface area contributed by atoms with Gasteiger partial charge in [0, 0.05) is 30.1 Å². The molecule has 2 aromatic rings. The number of ether oxygens (including phenoxy) is 2. The van der Waals surface area contributed by atoms with Gasteiger partial charge in [-0.3, -0.25) is 4.98 Å². The van der Waals surface area contributed by atoms with Gasteiger partial charge in [0.05, 0.1) is 13.7 Å². The minimum Gasteiger partial charge on any atom is -0.493 e. The van der Waals surface area contributed by atoms with Crippen molar-refractivity contribution in [3.8, 4) is 11.5 Å². The third kappa shape index (κ3) is 3.13. The molecule has 0 amide bonds. The second kappa shape index (κ2) is 5.91.